The summed E-state index contributed by atoms with van der Waals surface area (Å²) in [7, 11) is 0. The van der Waals surface area contributed by atoms with Crippen molar-refractivity contribution < 1.29 is 19.7 Å². The monoisotopic (exact) mass is 281 g/mol. The fourth-order valence-electron chi connectivity index (χ4n) is 2.12. The zero-order valence-electron chi connectivity index (χ0n) is 12.0. The summed E-state index contributed by atoms with van der Waals surface area (Å²) in [5.74, 6) is 1.41. The molecule has 1 aromatic rings. The Morgan fingerprint density at radius 3 is 2.55 bits per heavy atom. The lowest BCUT2D eigenvalue weighted by Gasteiger charge is -2.22. The SMILES string of the molecule is CC(O)CNC(C)C(O)c1ccc2c(c1)OCCCO2. The summed E-state index contributed by atoms with van der Waals surface area (Å²) in [5.41, 5.74) is 0.778. The minimum absolute atomic E-state index is 0.158. The third kappa shape index (κ3) is 3.85. The van der Waals surface area contributed by atoms with Crippen LogP contribution in [0.4, 0.5) is 0 Å². The second-order valence-electron chi connectivity index (χ2n) is 5.25. The van der Waals surface area contributed by atoms with E-state index in [1.54, 1.807) is 6.92 Å². The van der Waals surface area contributed by atoms with Crippen LogP contribution in [0.5, 0.6) is 11.5 Å². The Hall–Kier alpha value is -1.30. The Morgan fingerprint density at radius 1 is 1.15 bits per heavy atom. The van der Waals surface area contributed by atoms with Gasteiger partial charge < -0.3 is 25.0 Å². The highest BCUT2D eigenvalue weighted by atomic mass is 16.5. The Balaban J connectivity index is 2.06. The highest BCUT2D eigenvalue weighted by molar-refractivity contribution is 5.44. The highest BCUT2D eigenvalue weighted by Gasteiger charge is 2.19. The van der Waals surface area contributed by atoms with Crippen molar-refractivity contribution in [2.24, 2.45) is 0 Å². The smallest absolute Gasteiger partial charge is 0.161 e. The molecule has 0 bridgehead atoms. The maximum absolute atomic E-state index is 10.3. The standard InChI is InChI=1S/C15H23NO4/c1-10(17)9-16-11(2)15(18)12-4-5-13-14(8-12)20-7-3-6-19-13/h4-5,8,10-11,15-18H,3,6-7,9H2,1-2H3. The van der Waals surface area contributed by atoms with Gasteiger partial charge in [-0.2, -0.15) is 0 Å². The molecule has 0 aromatic heterocycles. The molecule has 1 aliphatic heterocycles. The largest absolute Gasteiger partial charge is 0.490 e. The summed E-state index contributed by atoms with van der Waals surface area (Å²) in [6.45, 7) is 5.32. The van der Waals surface area contributed by atoms with Gasteiger partial charge in [0.2, 0.25) is 0 Å². The molecule has 0 saturated heterocycles. The van der Waals surface area contributed by atoms with E-state index in [4.69, 9.17) is 9.47 Å². The van der Waals surface area contributed by atoms with Crippen LogP contribution in [0.2, 0.25) is 0 Å². The van der Waals surface area contributed by atoms with Gasteiger partial charge in [0, 0.05) is 19.0 Å². The average Bonchev–Trinajstić information content (AvgIpc) is 2.68. The zero-order valence-corrected chi connectivity index (χ0v) is 12.0. The number of fused-ring (bicyclic) bond motifs is 1. The second kappa shape index (κ2) is 6.92. The molecule has 112 valence electrons. The summed E-state index contributed by atoms with van der Waals surface area (Å²) in [5, 5.41) is 22.7. The van der Waals surface area contributed by atoms with Gasteiger partial charge in [0.15, 0.2) is 11.5 Å². The van der Waals surface area contributed by atoms with E-state index in [2.05, 4.69) is 5.32 Å². The minimum atomic E-state index is -0.661. The molecule has 3 unspecified atom stereocenters. The number of benzene rings is 1. The van der Waals surface area contributed by atoms with Gasteiger partial charge in [0.05, 0.1) is 25.4 Å². The molecular formula is C15H23NO4. The molecule has 3 atom stereocenters. The predicted octanol–water partition coefficient (Wildman–Crippen LogP) is 1.24. The fourth-order valence-corrected chi connectivity index (χ4v) is 2.12. The first kappa shape index (κ1) is 15.1. The van der Waals surface area contributed by atoms with E-state index in [-0.39, 0.29) is 6.04 Å². The lowest BCUT2D eigenvalue weighted by Crippen LogP contribution is -2.36. The first-order valence-corrected chi connectivity index (χ1v) is 7.07. The van der Waals surface area contributed by atoms with Crippen LogP contribution in [0.3, 0.4) is 0 Å². The van der Waals surface area contributed by atoms with Crippen molar-refractivity contribution in [1.29, 1.82) is 0 Å². The molecule has 2 rings (SSSR count). The number of rotatable bonds is 5. The van der Waals surface area contributed by atoms with Crippen molar-refractivity contribution in [3.05, 3.63) is 23.8 Å². The maximum Gasteiger partial charge on any atom is 0.161 e. The molecule has 5 nitrogen and oxygen atoms in total. The van der Waals surface area contributed by atoms with E-state index in [0.29, 0.717) is 25.5 Å². The molecule has 1 aromatic carbocycles. The Kier molecular flexibility index (Phi) is 5.23. The first-order chi connectivity index (χ1) is 9.58. The molecular weight excluding hydrogens is 258 g/mol. The number of aliphatic hydroxyl groups is 2. The predicted molar refractivity (Wildman–Crippen MR) is 76.2 cm³/mol. The van der Waals surface area contributed by atoms with Crippen LogP contribution in [-0.2, 0) is 0 Å². The van der Waals surface area contributed by atoms with E-state index < -0.39 is 12.2 Å². The van der Waals surface area contributed by atoms with E-state index in [1.165, 1.54) is 0 Å². The summed E-state index contributed by atoms with van der Waals surface area (Å²) < 4.78 is 11.2. The van der Waals surface area contributed by atoms with Crippen molar-refractivity contribution in [2.75, 3.05) is 19.8 Å². The topological polar surface area (TPSA) is 71.0 Å². The average molecular weight is 281 g/mol. The summed E-state index contributed by atoms with van der Waals surface area (Å²) >= 11 is 0. The molecule has 1 aliphatic rings. The van der Waals surface area contributed by atoms with E-state index in [9.17, 15) is 10.2 Å². The van der Waals surface area contributed by atoms with Crippen LogP contribution in [0.15, 0.2) is 18.2 Å². The summed E-state index contributed by atoms with van der Waals surface area (Å²) in [6.07, 6.45) is -0.238. The summed E-state index contributed by atoms with van der Waals surface area (Å²) in [6, 6.07) is 5.35. The van der Waals surface area contributed by atoms with Crippen molar-refractivity contribution in [1.82, 2.24) is 5.32 Å². The van der Waals surface area contributed by atoms with Gasteiger partial charge >= 0.3 is 0 Å². The van der Waals surface area contributed by atoms with Gasteiger partial charge in [0.25, 0.3) is 0 Å². The normalized spacial score (nSPS) is 19.0. The van der Waals surface area contributed by atoms with Gasteiger partial charge in [0.1, 0.15) is 0 Å². The van der Waals surface area contributed by atoms with E-state index in [0.717, 1.165) is 17.7 Å². The van der Waals surface area contributed by atoms with Gasteiger partial charge in [-0.1, -0.05) is 6.07 Å². The van der Waals surface area contributed by atoms with Crippen LogP contribution < -0.4 is 14.8 Å². The van der Waals surface area contributed by atoms with Crippen molar-refractivity contribution in [3.63, 3.8) is 0 Å². The van der Waals surface area contributed by atoms with Crippen LogP contribution in [0.1, 0.15) is 31.9 Å². The van der Waals surface area contributed by atoms with Gasteiger partial charge in [-0.25, -0.2) is 0 Å². The molecule has 1 heterocycles. The van der Waals surface area contributed by atoms with Gasteiger partial charge in [-0.3, -0.25) is 0 Å². The van der Waals surface area contributed by atoms with Crippen LogP contribution in [0, 0.1) is 0 Å². The zero-order chi connectivity index (χ0) is 14.5. The minimum Gasteiger partial charge on any atom is -0.490 e. The molecule has 0 amide bonds. The molecule has 0 fully saturated rings. The highest BCUT2D eigenvalue weighted by Crippen LogP contribution is 2.32. The molecule has 5 heteroatoms. The van der Waals surface area contributed by atoms with Crippen molar-refractivity contribution in [2.45, 2.75) is 38.5 Å². The third-order valence-electron chi connectivity index (χ3n) is 3.32. The lowest BCUT2D eigenvalue weighted by molar-refractivity contribution is 0.120. The quantitative estimate of drug-likeness (QED) is 0.757. The molecule has 3 N–H and O–H groups in total. The maximum atomic E-state index is 10.3. The molecule has 20 heavy (non-hydrogen) atoms. The molecule has 0 aliphatic carbocycles. The van der Waals surface area contributed by atoms with Crippen LogP contribution >= 0.6 is 0 Å². The molecule has 0 spiro atoms. The number of ether oxygens (including phenoxy) is 2. The summed E-state index contributed by atoms with van der Waals surface area (Å²) in [4.78, 5) is 0. The lowest BCUT2D eigenvalue weighted by atomic mass is 10.0. The van der Waals surface area contributed by atoms with E-state index >= 15 is 0 Å². The molecule has 0 radical (unpaired) electrons. The van der Waals surface area contributed by atoms with E-state index in [1.807, 2.05) is 25.1 Å². The second-order valence-corrected chi connectivity index (χ2v) is 5.25. The van der Waals surface area contributed by atoms with Crippen LogP contribution in [0.25, 0.3) is 0 Å². The Bertz CT molecular complexity index is 436. The number of nitrogens with one attached hydrogen (secondary N) is 1. The fraction of sp³-hybridized carbons (Fsp3) is 0.600. The third-order valence-corrected chi connectivity index (χ3v) is 3.32. The number of hydrogen-bond donors (Lipinski definition) is 3. The Morgan fingerprint density at radius 2 is 1.85 bits per heavy atom. The van der Waals surface area contributed by atoms with Crippen molar-refractivity contribution >= 4 is 0 Å². The number of aliphatic hydroxyl groups excluding tert-OH is 2. The van der Waals surface area contributed by atoms with Crippen LogP contribution in [-0.4, -0.2) is 42.1 Å². The molecule has 0 saturated carbocycles. The Labute approximate surface area is 119 Å². The number of hydrogen-bond acceptors (Lipinski definition) is 5. The first-order valence-electron chi connectivity index (χ1n) is 7.07. The van der Waals surface area contributed by atoms with Gasteiger partial charge in [-0.05, 0) is 31.5 Å². The van der Waals surface area contributed by atoms with Gasteiger partial charge in [-0.15, -0.1) is 0 Å². The van der Waals surface area contributed by atoms with Crippen molar-refractivity contribution in [3.8, 4) is 11.5 Å².